The van der Waals surface area contributed by atoms with E-state index in [-0.39, 0.29) is 0 Å². The lowest BCUT2D eigenvalue weighted by Gasteiger charge is -2.11. The molecule has 0 aliphatic carbocycles. The highest BCUT2D eigenvalue weighted by atomic mass is 16.5. The van der Waals surface area contributed by atoms with Crippen LogP contribution in [-0.2, 0) is 0 Å². The molecule has 0 unspecified atom stereocenters. The van der Waals surface area contributed by atoms with Crippen LogP contribution in [0.15, 0.2) is 83.6 Å². The number of hydrogen-bond acceptors (Lipinski definition) is 6. The second kappa shape index (κ2) is 9.12. The average Bonchev–Trinajstić information content (AvgIpc) is 2.65. The molecule has 130 valence electrons. The fourth-order valence-corrected chi connectivity index (χ4v) is 1.91. The summed E-state index contributed by atoms with van der Waals surface area (Å²) in [6.45, 7) is 3.87. The molecule has 0 fully saturated rings. The summed E-state index contributed by atoms with van der Waals surface area (Å²) in [5.74, 6) is 1.38. The molecule has 0 atom stereocenters. The SMILES string of the molecule is C=C(N=Nc1ccc(Nc2ccc(OC)cc2)cc1)N(C)/C=C\NC. The number of azo groups is 1. The van der Waals surface area contributed by atoms with E-state index in [0.29, 0.717) is 5.82 Å². The number of methoxy groups -OCH3 is 1. The van der Waals surface area contributed by atoms with E-state index in [4.69, 9.17) is 4.74 Å². The van der Waals surface area contributed by atoms with Gasteiger partial charge < -0.3 is 20.3 Å². The molecule has 0 heterocycles. The van der Waals surface area contributed by atoms with Crippen LogP contribution in [0.3, 0.4) is 0 Å². The highest BCUT2D eigenvalue weighted by Gasteiger charge is 1.98. The third-order valence-corrected chi connectivity index (χ3v) is 3.40. The fraction of sp³-hybridized carbons (Fsp3) is 0.158. The zero-order chi connectivity index (χ0) is 18.1. The average molecular weight is 337 g/mol. The largest absolute Gasteiger partial charge is 0.497 e. The molecule has 2 aromatic carbocycles. The zero-order valence-corrected chi connectivity index (χ0v) is 14.7. The highest BCUT2D eigenvalue weighted by molar-refractivity contribution is 5.62. The number of ether oxygens (including phenoxy) is 1. The second-order valence-corrected chi connectivity index (χ2v) is 5.23. The maximum Gasteiger partial charge on any atom is 0.147 e. The van der Waals surface area contributed by atoms with Crippen LogP contribution in [0.1, 0.15) is 0 Å². The highest BCUT2D eigenvalue weighted by Crippen LogP contribution is 2.22. The van der Waals surface area contributed by atoms with Gasteiger partial charge in [-0.05, 0) is 48.5 Å². The first-order valence-corrected chi connectivity index (χ1v) is 7.81. The minimum Gasteiger partial charge on any atom is -0.497 e. The van der Waals surface area contributed by atoms with Crippen LogP contribution in [0, 0.1) is 0 Å². The Morgan fingerprint density at radius 1 is 1.08 bits per heavy atom. The van der Waals surface area contributed by atoms with Crippen molar-refractivity contribution >= 4 is 17.1 Å². The minimum absolute atomic E-state index is 0.548. The number of anilines is 2. The summed E-state index contributed by atoms with van der Waals surface area (Å²) in [4.78, 5) is 1.78. The molecule has 2 aromatic rings. The third-order valence-electron chi connectivity index (χ3n) is 3.40. The first-order valence-electron chi connectivity index (χ1n) is 7.81. The Balaban J connectivity index is 1.95. The lowest BCUT2D eigenvalue weighted by Crippen LogP contribution is -2.08. The molecule has 0 saturated carbocycles. The molecular weight excluding hydrogens is 314 g/mol. The van der Waals surface area contributed by atoms with E-state index in [1.54, 1.807) is 18.2 Å². The summed E-state index contributed by atoms with van der Waals surface area (Å²) in [7, 11) is 5.34. The molecule has 0 saturated heterocycles. The van der Waals surface area contributed by atoms with Gasteiger partial charge >= 0.3 is 0 Å². The van der Waals surface area contributed by atoms with Crippen molar-refractivity contribution in [3.63, 3.8) is 0 Å². The van der Waals surface area contributed by atoms with Gasteiger partial charge in [0.2, 0.25) is 0 Å². The van der Waals surface area contributed by atoms with Gasteiger partial charge in [0.25, 0.3) is 0 Å². The van der Waals surface area contributed by atoms with E-state index in [2.05, 4.69) is 27.4 Å². The lowest BCUT2D eigenvalue weighted by atomic mass is 10.2. The van der Waals surface area contributed by atoms with Crippen molar-refractivity contribution in [3.8, 4) is 5.75 Å². The summed E-state index contributed by atoms with van der Waals surface area (Å²) in [6.07, 6.45) is 3.61. The van der Waals surface area contributed by atoms with Crippen molar-refractivity contribution in [2.75, 3.05) is 26.5 Å². The maximum atomic E-state index is 5.15. The smallest absolute Gasteiger partial charge is 0.147 e. The molecule has 2 N–H and O–H groups in total. The summed E-state index contributed by atoms with van der Waals surface area (Å²) in [6, 6.07) is 15.4. The summed E-state index contributed by atoms with van der Waals surface area (Å²) in [5.41, 5.74) is 2.71. The second-order valence-electron chi connectivity index (χ2n) is 5.23. The summed E-state index contributed by atoms with van der Waals surface area (Å²) in [5, 5.41) is 14.5. The van der Waals surface area contributed by atoms with Crippen LogP contribution in [0.5, 0.6) is 5.75 Å². The predicted octanol–water partition coefficient (Wildman–Crippen LogP) is 4.62. The predicted molar refractivity (Wildman–Crippen MR) is 102 cm³/mol. The molecule has 6 heteroatoms. The standard InChI is InChI=1S/C19H23N5O/c1-15(24(3)14-13-20-2)22-23-18-7-5-16(6-8-18)21-17-9-11-19(25-4)12-10-17/h5-14,20-21H,1H2,2-4H3/b14-13-,23-22?. The topological polar surface area (TPSA) is 61.3 Å². The van der Waals surface area contributed by atoms with Crippen LogP contribution in [0.4, 0.5) is 17.1 Å². The third kappa shape index (κ3) is 5.69. The van der Waals surface area contributed by atoms with Crippen molar-refractivity contribution < 1.29 is 4.74 Å². The van der Waals surface area contributed by atoms with Crippen LogP contribution >= 0.6 is 0 Å². The van der Waals surface area contributed by atoms with E-state index < -0.39 is 0 Å². The molecule has 0 spiro atoms. The Bertz CT molecular complexity index is 735. The zero-order valence-electron chi connectivity index (χ0n) is 14.7. The van der Waals surface area contributed by atoms with Crippen molar-refractivity contribution in [1.82, 2.24) is 10.2 Å². The van der Waals surface area contributed by atoms with Crippen LogP contribution in [0.2, 0.25) is 0 Å². The van der Waals surface area contributed by atoms with Crippen molar-refractivity contribution in [3.05, 3.63) is 73.3 Å². The number of nitrogens with one attached hydrogen (secondary N) is 2. The molecule has 0 aliphatic heterocycles. The van der Waals surface area contributed by atoms with E-state index in [1.165, 1.54) is 0 Å². The maximum absolute atomic E-state index is 5.15. The number of rotatable bonds is 8. The molecule has 2 rings (SSSR count). The Labute approximate surface area is 148 Å². The van der Waals surface area contributed by atoms with Crippen molar-refractivity contribution in [1.29, 1.82) is 0 Å². The Kier molecular flexibility index (Phi) is 6.59. The van der Waals surface area contributed by atoms with Gasteiger partial charge in [0, 0.05) is 37.9 Å². The quantitative estimate of drug-likeness (QED) is 0.690. The first kappa shape index (κ1) is 18.1. The van der Waals surface area contributed by atoms with Crippen molar-refractivity contribution in [2.45, 2.75) is 0 Å². The molecule has 0 aliphatic rings. The van der Waals surface area contributed by atoms with Crippen molar-refractivity contribution in [2.24, 2.45) is 10.2 Å². The molecule has 0 amide bonds. The number of nitrogens with zero attached hydrogens (tertiary/aromatic N) is 3. The number of hydrogen-bond donors (Lipinski definition) is 2. The van der Waals surface area contributed by atoms with Gasteiger partial charge in [-0.25, -0.2) is 0 Å². The van der Waals surface area contributed by atoms with Crippen LogP contribution < -0.4 is 15.4 Å². The molecule has 0 aromatic heterocycles. The monoisotopic (exact) mass is 337 g/mol. The minimum atomic E-state index is 0.548. The first-order chi connectivity index (χ1) is 12.1. The van der Waals surface area contributed by atoms with Crippen LogP contribution in [-0.4, -0.2) is 26.1 Å². The van der Waals surface area contributed by atoms with Gasteiger partial charge in [-0.3, -0.25) is 0 Å². The van der Waals surface area contributed by atoms with Gasteiger partial charge in [-0.2, -0.15) is 0 Å². The summed E-state index contributed by atoms with van der Waals surface area (Å²) < 4.78 is 5.15. The number of benzene rings is 2. The van der Waals surface area contributed by atoms with E-state index in [1.807, 2.05) is 68.8 Å². The Hall–Kier alpha value is -3.28. The summed E-state index contributed by atoms with van der Waals surface area (Å²) >= 11 is 0. The molecule has 6 nitrogen and oxygen atoms in total. The van der Waals surface area contributed by atoms with E-state index in [9.17, 15) is 0 Å². The van der Waals surface area contributed by atoms with E-state index in [0.717, 1.165) is 22.8 Å². The normalized spacial score (nSPS) is 10.8. The van der Waals surface area contributed by atoms with Gasteiger partial charge in [-0.15, -0.1) is 10.2 Å². The molecule has 0 radical (unpaired) electrons. The molecular formula is C19H23N5O. The van der Waals surface area contributed by atoms with Gasteiger partial charge in [0.1, 0.15) is 11.6 Å². The van der Waals surface area contributed by atoms with Gasteiger partial charge in [0.05, 0.1) is 12.8 Å². The van der Waals surface area contributed by atoms with Gasteiger partial charge in [-0.1, -0.05) is 6.58 Å². The van der Waals surface area contributed by atoms with E-state index >= 15 is 0 Å². The Morgan fingerprint density at radius 3 is 2.24 bits per heavy atom. The molecule has 25 heavy (non-hydrogen) atoms. The Morgan fingerprint density at radius 2 is 1.68 bits per heavy atom. The fourth-order valence-electron chi connectivity index (χ4n) is 1.91. The lowest BCUT2D eigenvalue weighted by molar-refractivity contribution is 0.415. The molecule has 0 bridgehead atoms. The van der Waals surface area contributed by atoms with Crippen LogP contribution in [0.25, 0.3) is 0 Å². The van der Waals surface area contributed by atoms with Gasteiger partial charge in [0.15, 0.2) is 0 Å².